The second-order valence-corrected chi connectivity index (χ2v) is 10.4. The van der Waals surface area contributed by atoms with E-state index >= 15 is 0 Å². The first-order valence-electron chi connectivity index (χ1n) is 11.7. The summed E-state index contributed by atoms with van der Waals surface area (Å²) in [5.74, 6) is -0.392. The van der Waals surface area contributed by atoms with E-state index in [1.807, 2.05) is 35.7 Å². The first-order valence-corrected chi connectivity index (χ1v) is 13.0. The van der Waals surface area contributed by atoms with Gasteiger partial charge in [0.05, 0.1) is 29.7 Å². The number of pyridine rings is 1. The van der Waals surface area contributed by atoms with E-state index in [-0.39, 0.29) is 5.92 Å². The molecule has 0 radical (unpaired) electrons. The summed E-state index contributed by atoms with van der Waals surface area (Å²) in [4.78, 5) is 19.9. The van der Waals surface area contributed by atoms with Crippen molar-refractivity contribution in [2.45, 2.75) is 38.2 Å². The number of hydrogen-bond acceptors (Lipinski definition) is 6. The number of aliphatic carboxylic acids is 1. The SMILES string of the molecule is COc1ccc2nccc([C@H](O)CC[C@@H]3CCN(CCCc4sccc4Cl)C[C@@H]3C(=O)O)c2c1. The van der Waals surface area contributed by atoms with Crippen molar-refractivity contribution >= 4 is 39.8 Å². The zero-order chi connectivity index (χ0) is 24.1. The van der Waals surface area contributed by atoms with Gasteiger partial charge in [-0.25, -0.2) is 0 Å². The van der Waals surface area contributed by atoms with Gasteiger partial charge in [0.1, 0.15) is 5.75 Å². The van der Waals surface area contributed by atoms with Crippen LogP contribution in [0.25, 0.3) is 10.9 Å². The third-order valence-electron chi connectivity index (χ3n) is 6.88. The molecular weight excluding hydrogens is 472 g/mol. The van der Waals surface area contributed by atoms with Crippen molar-refractivity contribution < 1.29 is 19.7 Å². The van der Waals surface area contributed by atoms with Crippen LogP contribution in [0.15, 0.2) is 41.9 Å². The Hall–Kier alpha value is -2.19. The minimum Gasteiger partial charge on any atom is -0.497 e. The zero-order valence-corrected chi connectivity index (χ0v) is 20.9. The Bertz CT molecular complexity index is 1120. The highest BCUT2D eigenvalue weighted by atomic mass is 35.5. The number of piperidine rings is 1. The Morgan fingerprint density at radius 3 is 2.94 bits per heavy atom. The summed E-state index contributed by atoms with van der Waals surface area (Å²) in [7, 11) is 1.61. The van der Waals surface area contributed by atoms with Crippen molar-refractivity contribution in [2.75, 3.05) is 26.7 Å². The highest BCUT2D eigenvalue weighted by molar-refractivity contribution is 7.10. The molecule has 0 bridgehead atoms. The van der Waals surface area contributed by atoms with Gasteiger partial charge in [-0.2, -0.15) is 0 Å². The van der Waals surface area contributed by atoms with Gasteiger partial charge in [-0.1, -0.05) is 11.6 Å². The zero-order valence-electron chi connectivity index (χ0n) is 19.3. The average molecular weight is 503 g/mol. The lowest BCUT2D eigenvalue weighted by atomic mass is 9.81. The van der Waals surface area contributed by atoms with Crippen molar-refractivity contribution in [2.24, 2.45) is 11.8 Å². The number of carboxylic acid groups (broad SMARTS) is 1. The molecular formula is C26H31ClN2O4S. The molecule has 2 aromatic heterocycles. The summed E-state index contributed by atoms with van der Waals surface area (Å²) >= 11 is 7.86. The number of aryl methyl sites for hydroxylation is 1. The molecule has 34 heavy (non-hydrogen) atoms. The van der Waals surface area contributed by atoms with Crippen LogP contribution < -0.4 is 4.74 Å². The second kappa shape index (κ2) is 11.5. The highest BCUT2D eigenvalue weighted by Crippen LogP contribution is 2.34. The molecule has 4 rings (SSSR count). The topological polar surface area (TPSA) is 82.9 Å². The van der Waals surface area contributed by atoms with Gasteiger partial charge < -0.3 is 19.8 Å². The Morgan fingerprint density at radius 2 is 2.21 bits per heavy atom. The van der Waals surface area contributed by atoms with Gasteiger partial charge in [0.15, 0.2) is 0 Å². The number of hydrogen-bond donors (Lipinski definition) is 2. The van der Waals surface area contributed by atoms with E-state index in [4.69, 9.17) is 16.3 Å². The molecule has 2 N–H and O–H groups in total. The van der Waals surface area contributed by atoms with Crippen LogP contribution >= 0.6 is 22.9 Å². The van der Waals surface area contributed by atoms with Crippen molar-refractivity contribution in [3.8, 4) is 5.75 Å². The van der Waals surface area contributed by atoms with Crippen molar-refractivity contribution in [3.63, 3.8) is 0 Å². The fraction of sp³-hybridized carbons (Fsp3) is 0.462. The number of thiophene rings is 1. The molecule has 1 saturated heterocycles. The van der Waals surface area contributed by atoms with Crippen LogP contribution in [0.1, 0.15) is 42.2 Å². The molecule has 0 amide bonds. The molecule has 1 aliphatic rings. The smallest absolute Gasteiger partial charge is 0.308 e. The largest absolute Gasteiger partial charge is 0.497 e. The van der Waals surface area contributed by atoms with Crippen LogP contribution in [0.4, 0.5) is 0 Å². The minimum atomic E-state index is -0.746. The van der Waals surface area contributed by atoms with E-state index in [1.165, 1.54) is 4.88 Å². The standard InChI is InChI=1S/C26H31ClN2O4S/c1-33-18-5-6-23-20(15-18)19(8-11-28-23)24(30)7-4-17-9-13-29(16-21(17)26(31)32)12-2-3-25-22(27)10-14-34-25/h5-6,8,10-11,14-15,17,21,24,30H,2-4,7,9,12-13,16H2,1H3,(H,31,32)/t17-,21+,24-/m1/s1. The molecule has 6 nitrogen and oxygen atoms in total. The van der Waals surface area contributed by atoms with Crippen LogP contribution in [-0.2, 0) is 11.2 Å². The number of carboxylic acids is 1. The molecule has 3 aromatic rings. The molecule has 1 aliphatic heterocycles. The molecule has 1 fully saturated rings. The van der Waals surface area contributed by atoms with Gasteiger partial charge in [-0.15, -0.1) is 11.3 Å². The van der Waals surface area contributed by atoms with Gasteiger partial charge in [0.2, 0.25) is 0 Å². The molecule has 3 atom stereocenters. The first-order chi connectivity index (χ1) is 16.5. The Kier molecular flexibility index (Phi) is 8.42. The molecule has 3 heterocycles. The van der Waals surface area contributed by atoms with Gasteiger partial charge in [-0.05, 0) is 92.4 Å². The molecule has 0 aliphatic carbocycles. The van der Waals surface area contributed by atoms with Crippen LogP contribution in [-0.4, -0.2) is 52.8 Å². The van der Waals surface area contributed by atoms with Crippen molar-refractivity contribution in [3.05, 3.63) is 57.4 Å². The summed E-state index contributed by atoms with van der Waals surface area (Å²) in [6, 6.07) is 9.39. The maximum Gasteiger partial charge on any atom is 0.308 e. The number of likely N-dealkylation sites (tertiary alicyclic amines) is 1. The van der Waals surface area contributed by atoms with Crippen molar-refractivity contribution in [1.29, 1.82) is 0 Å². The minimum absolute atomic E-state index is 0.0535. The number of nitrogens with zero attached hydrogens (tertiary/aromatic N) is 2. The molecule has 8 heteroatoms. The summed E-state index contributed by atoms with van der Waals surface area (Å²) in [6.45, 7) is 2.32. The third-order valence-corrected chi connectivity index (χ3v) is 8.33. The average Bonchev–Trinajstić information content (AvgIpc) is 3.26. The number of halogens is 1. The molecule has 1 aromatic carbocycles. The van der Waals surface area contributed by atoms with Crippen LogP contribution in [0.5, 0.6) is 5.75 Å². The fourth-order valence-corrected chi connectivity index (χ4v) is 6.13. The van der Waals surface area contributed by atoms with Crippen LogP contribution in [0, 0.1) is 11.8 Å². The molecule has 182 valence electrons. The lowest BCUT2D eigenvalue weighted by Gasteiger charge is -2.37. The summed E-state index contributed by atoms with van der Waals surface area (Å²) in [5, 5.41) is 24.6. The van der Waals surface area contributed by atoms with E-state index in [0.29, 0.717) is 25.1 Å². The Morgan fingerprint density at radius 1 is 1.35 bits per heavy atom. The number of methoxy groups -OCH3 is 1. The normalized spacial score (nSPS) is 19.9. The quantitative estimate of drug-likeness (QED) is 0.385. The summed E-state index contributed by atoms with van der Waals surface area (Å²) in [5.41, 5.74) is 1.61. The van der Waals surface area contributed by atoms with Gasteiger partial charge in [0, 0.05) is 23.0 Å². The Labute approximate surface area is 209 Å². The van der Waals surface area contributed by atoms with Crippen LogP contribution in [0.3, 0.4) is 0 Å². The summed E-state index contributed by atoms with van der Waals surface area (Å²) in [6.07, 6.45) is 4.93. The Balaban J connectivity index is 1.34. The number of aromatic nitrogens is 1. The fourth-order valence-electron chi connectivity index (χ4n) is 4.95. The summed E-state index contributed by atoms with van der Waals surface area (Å²) < 4.78 is 5.33. The molecule has 0 spiro atoms. The lowest BCUT2D eigenvalue weighted by Crippen LogP contribution is -2.44. The number of fused-ring (bicyclic) bond motifs is 1. The van der Waals surface area contributed by atoms with E-state index in [1.54, 1.807) is 24.6 Å². The lowest BCUT2D eigenvalue weighted by molar-refractivity contribution is -0.146. The first kappa shape index (κ1) is 24.9. The third kappa shape index (κ3) is 5.89. The maximum atomic E-state index is 12.0. The maximum absolute atomic E-state index is 12.0. The van der Waals surface area contributed by atoms with Gasteiger partial charge in [-0.3, -0.25) is 9.78 Å². The van der Waals surface area contributed by atoms with E-state index in [0.717, 1.165) is 53.8 Å². The van der Waals surface area contributed by atoms with Gasteiger partial charge >= 0.3 is 5.97 Å². The van der Waals surface area contributed by atoms with Crippen LogP contribution in [0.2, 0.25) is 5.02 Å². The van der Waals surface area contributed by atoms with Gasteiger partial charge in [0.25, 0.3) is 0 Å². The highest BCUT2D eigenvalue weighted by Gasteiger charge is 2.34. The number of aliphatic hydroxyl groups excluding tert-OH is 1. The number of rotatable bonds is 10. The van der Waals surface area contributed by atoms with E-state index in [9.17, 15) is 15.0 Å². The van der Waals surface area contributed by atoms with E-state index < -0.39 is 18.0 Å². The molecule has 0 saturated carbocycles. The molecule has 0 unspecified atom stereocenters. The number of carbonyl (C=O) groups is 1. The van der Waals surface area contributed by atoms with E-state index in [2.05, 4.69) is 9.88 Å². The van der Waals surface area contributed by atoms with Crippen molar-refractivity contribution in [1.82, 2.24) is 9.88 Å². The number of aliphatic hydroxyl groups is 1. The predicted octanol–water partition coefficient (Wildman–Crippen LogP) is 5.43. The number of ether oxygens (including phenoxy) is 1. The number of benzene rings is 1. The predicted molar refractivity (Wildman–Crippen MR) is 136 cm³/mol. The monoisotopic (exact) mass is 502 g/mol. The second-order valence-electron chi connectivity index (χ2n) is 8.97.